The highest BCUT2D eigenvalue weighted by Gasteiger charge is 2.41. The molecular formula is C24H32N2O3. The van der Waals surface area contributed by atoms with E-state index >= 15 is 0 Å². The molecule has 1 N–H and O–H groups in total. The number of aromatic nitrogens is 1. The van der Waals surface area contributed by atoms with Crippen LogP contribution in [0, 0.1) is 13.8 Å². The number of ether oxygens (including phenoxy) is 2. The third-order valence-corrected chi connectivity index (χ3v) is 5.67. The highest BCUT2D eigenvalue weighted by atomic mass is 16.5. The Kier molecular flexibility index (Phi) is 7.26. The minimum Gasteiger partial charge on any atom is -0.475 e. The van der Waals surface area contributed by atoms with Gasteiger partial charge in [0.25, 0.3) is 0 Å². The van der Waals surface area contributed by atoms with E-state index in [4.69, 9.17) is 9.47 Å². The van der Waals surface area contributed by atoms with Crippen molar-refractivity contribution in [3.63, 3.8) is 0 Å². The number of nitrogens with one attached hydrogen (secondary N) is 1. The van der Waals surface area contributed by atoms with Crippen LogP contribution in [-0.2, 0) is 14.9 Å². The fourth-order valence-electron chi connectivity index (χ4n) is 4.12. The Morgan fingerprint density at radius 3 is 2.62 bits per heavy atom. The lowest BCUT2D eigenvalue weighted by molar-refractivity contribution is -0.122. The summed E-state index contributed by atoms with van der Waals surface area (Å²) >= 11 is 0. The number of hydrogen-bond acceptors (Lipinski definition) is 4. The van der Waals surface area contributed by atoms with Crippen molar-refractivity contribution in [1.29, 1.82) is 0 Å². The van der Waals surface area contributed by atoms with Gasteiger partial charge in [0, 0.05) is 12.2 Å². The highest BCUT2D eigenvalue weighted by Crippen LogP contribution is 2.40. The zero-order valence-electron chi connectivity index (χ0n) is 17.8. The summed E-state index contributed by atoms with van der Waals surface area (Å²) in [5.41, 5.74) is 3.45. The van der Waals surface area contributed by atoms with Crippen LogP contribution in [-0.4, -0.2) is 30.7 Å². The molecule has 3 rings (SSSR count). The van der Waals surface area contributed by atoms with E-state index in [-0.39, 0.29) is 5.91 Å². The van der Waals surface area contributed by atoms with Crippen LogP contribution in [0.3, 0.4) is 0 Å². The number of nitrogens with zero attached hydrogens (tertiary/aromatic N) is 1. The second kappa shape index (κ2) is 9.88. The molecule has 0 unspecified atom stereocenters. The van der Waals surface area contributed by atoms with Crippen molar-refractivity contribution < 1.29 is 14.3 Å². The average Bonchev–Trinajstić information content (AvgIpc) is 2.73. The summed E-state index contributed by atoms with van der Waals surface area (Å²) in [6.07, 6.45) is 6.78. The summed E-state index contributed by atoms with van der Waals surface area (Å²) < 4.78 is 11.0. The first-order chi connectivity index (χ1) is 14.0. The molecule has 0 aliphatic heterocycles. The second-order valence-corrected chi connectivity index (χ2v) is 7.86. The molecule has 0 bridgehead atoms. The molecule has 1 aromatic carbocycles. The van der Waals surface area contributed by atoms with Gasteiger partial charge in [0.05, 0.1) is 23.9 Å². The van der Waals surface area contributed by atoms with Crippen molar-refractivity contribution in [2.24, 2.45) is 0 Å². The van der Waals surface area contributed by atoms with E-state index < -0.39 is 5.41 Å². The monoisotopic (exact) mass is 396 g/mol. The van der Waals surface area contributed by atoms with Gasteiger partial charge < -0.3 is 14.8 Å². The van der Waals surface area contributed by atoms with Crippen LogP contribution in [0.15, 0.2) is 36.5 Å². The molecule has 2 aromatic rings. The summed E-state index contributed by atoms with van der Waals surface area (Å²) in [4.78, 5) is 17.8. The van der Waals surface area contributed by atoms with E-state index in [1.165, 1.54) is 12.0 Å². The van der Waals surface area contributed by atoms with E-state index in [9.17, 15) is 4.79 Å². The van der Waals surface area contributed by atoms with Gasteiger partial charge in [-0.1, -0.05) is 49.1 Å². The van der Waals surface area contributed by atoms with Crippen LogP contribution in [0.4, 0.5) is 5.69 Å². The molecule has 1 fully saturated rings. The van der Waals surface area contributed by atoms with Crippen LogP contribution in [0.1, 0.15) is 55.7 Å². The first-order valence-electron chi connectivity index (χ1n) is 10.6. The summed E-state index contributed by atoms with van der Waals surface area (Å²) in [5.74, 6) is 0.641. The van der Waals surface area contributed by atoms with E-state index in [1.807, 2.05) is 26.0 Å². The molecule has 156 valence electrons. The molecule has 0 saturated heterocycles. The average molecular weight is 397 g/mol. The summed E-state index contributed by atoms with van der Waals surface area (Å²) in [6.45, 7) is 7.64. The molecular weight excluding hydrogens is 364 g/mol. The zero-order valence-corrected chi connectivity index (χ0v) is 17.8. The minimum absolute atomic E-state index is 0.0639. The standard InChI is InChI=1S/C24H32N2O3/c1-4-28-13-14-29-22-19(3)16-21(17-25-22)26-23(27)24(11-6-5-7-12-24)20-10-8-9-18(2)15-20/h8-10,15-17H,4-7,11-14H2,1-3H3,(H,26,27). The van der Waals surface area contributed by atoms with Gasteiger partial charge in [0.2, 0.25) is 11.8 Å². The third kappa shape index (κ3) is 5.15. The normalized spacial score (nSPS) is 15.7. The number of anilines is 1. The first kappa shape index (κ1) is 21.3. The third-order valence-electron chi connectivity index (χ3n) is 5.67. The lowest BCUT2D eigenvalue weighted by Crippen LogP contribution is -2.42. The van der Waals surface area contributed by atoms with Crippen LogP contribution < -0.4 is 10.1 Å². The predicted octanol–water partition coefficient (Wildman–Crippen LogP) is 4.95. The van der Waals surface area contributed by atoms with Crippen LogP contribution >= 0.6 is 0 Å². The van der Waals surface area contributed by atoms with E-state index in [0.29, 0.717) is 31.4 Å². The van der Waals surface area contributed by atoms with Crippen LogP contribution in [0.5, 0.6) is 5.88 Å². The van der Waals surface area contributed by atoms with Gasteiger partial charge in [-0.3, -0.25) is 4.79 Å². The van der Waals surface area contributed by atoms with Gasteiger partial charge in [0.15, 0.2) is 0 Å². The Labute approximate surface area is 173 Å². The predicted molar refractivity (Wildman–Crippen MR) is 116 cm³/mol. The summed E-state index contributed by atoms with van der Waals surface area (Å²) in [6, 6.07) is 10.3. The Balaban J connectivity index is 1.75. The van der Waals surface area contributed by atoms with E-state index in [2.05, 4.69) is 35.4 Å². The minimum atomic E-state index is -0.467. The van der Waals surface area contributed by atoms with Crippen molar-refractivity contribution in [2.75, 3.05) is 25.1 Å². The van der Waals surface area contributed by atoms with Crippen molar-refractivity contribution >= 4 is 11.6 Å². The number of pyridine rings is 1. The molecule has 1 saturated carbocycles. The van der Waals surface area contributed by atoms with Crippen molar-refractivity contribution in [2.45, 2.75) is 58.3 Å². The maximum Gasteiger partial charge on any atom is 0.235 e. The van der Waals surface area contributed by atoms with E-state index in [0.717, 1.165) is 36.8 Å². The molecule has 5 nitrogen and oxygen atoms in total. The van der Waals surface area contributed by atoms with Crippen LogP contribution in [0.25, 0.3) is 0 Å². The fraction of sp³-hybridized carbons (Fsp3) is 0.500. The van der Waals surface area contributed by atoms with Gasteiger partial charge in [-0.25, -0.2) is 4.98 Å². The van der Waals surface area contributed by atoms with Gasteiger partial charge in [0.1, 0.15) is 6.61 Å². The number of carbonyl (C=O) groups excluding carboxylic acids is 1. The quantitative estimate of drug-likeness (QED) is 0.641. The van der Waals surface area contributed by atoms with Gasteiger partial charge in [-0.05, 0) is 45.2 Å². The lowest BCUT2D eigenvalue weighted by atomic mass is 9.68. The summed E-state index contributed by atoms with van der Waals surface area (Å²) in [7, 11) is 0. The molecule has 1 amide bonds. The summed E-state index contributed by atoms with van der Waals surface area (Å²) in [5, 5.41) is 3.13. The maximum atomic E-state index is 13.5. The Bertz CT molecular complexity index is 829. The van der Waals surface area contributed by atoms with E-state index in [1.54, 1.807) is 6.20 Å². The molecule has 29 heavy (non-hydrogen) atoms. The molecule has 1 aliphatic carbocycles. The molecule has 1 aromatic heterocycles. The molecule has 0 spiro atoms. The molecule has 0 radical (unpaired) electrons. The number of carbonyl (C=O) groups is 1. The van der Waals surface area contributed by atoms with Gasteiger partial charge >= 0.3 is 0 Å². The Hall–Kier alpha value is -2.40. The first-order valence-corrected chi connectivity index (χ1v) is 10.6. The molecule has 5 heteroatoms. The zero-order chi connectivity index (χ0) is 20.7. The SMILES string of the molecule is CCOCCOc1ncc(NC(=O)C2(c3cccc(C)c3)CCCCC2)cc1C. The topological polar surface area (TPSA) is 60.5 Å². The molecule has 1 heterocycles. The van der Waals surface area contributed by atoms with Crippen molar-refractivity contribution in [1.82, 2.24) is 4.98 Å². The molecule has 1 aliphatic rings. The number of benzene rings is 1. The molecule has 0 atom stereocenters. The number of amides is 1. The van der Waals surface area contributed by atoms with Crippen molar-refractivity contribution in [3.8, 4) is 5.88 Å². The lowest BCUT2D eigenvalue weighted by Gasteiger charge is -2.36. The number of aryl methyl sites for hydroxylation is 2. The smallest absolute Gasteiger partial charge is 0.235 e. The Morgan fingerprint density at radius 2 is 1.93 bits per heavy atom. The van der Waals surface area contributed by atoms with Crippen molar-refractivity contribution in [3.05, 3.63) is 53.2 Å². The largest absolute Gasteiger partial charge is 0.475 e. The number of hydrogen-bond donors (Lipinski definition) is 1. The maximum absolute atomic E-state index is 13.5. The van der Waals surface area contributed by atoms with Gasteiger partial charge in [-0.2, -0.15) is 0 Å². The van der Waals surface area contributed by atoms with Crippen LogP contribution in [0.2, 0.25) is 0 Å². The Morgan fingerprint density at radius 1 is 1.14 bits per heavy atom. The second-order valence-electron chi connectivity index (χ2n) is 7.86. The fourth-order valence-corrected chi connectivity index (χ4v) is 4.12. The highest BCUT2D eigenvalue weighted by molar-refractivity contribution is 5.99. The van der Waals surface area contributed by atoms with Gasteiger partial charge in [-0.15, -0.1) is 0 Å². The number of rotatable bonds is 8.